The van der Waals surface area contributed by atoms with Gasteiger partial charge in [-0.2, -0.15) is 0 Å². The summed E-state index contributed by atoms with van der Waals surface area (Å²) in [4.78, 5) is 19.1. The van der Waals surface area contributed by atoms with Gasteiger partial charge in [-0.25, -0.2) is 4.99 Å². The predicted molar refractivity (Wildman–Crippen MR) is 96.2 cm³/mol. The van der Waals surface area contributed by atoms with Crippen LogP contribution in [0.1, 0.15) is 31.9 Å². The van der Waals surface area contributed by atoms with Crippen LogP contribution in [0.2, 0.25) is 0 Å². The van der Waals surface area contributed by atoms with E-state index in [1.165, 1.54) is 16.0 Å². The lowest BCUT2D eigenvalue weighted by atomic mass is 10.0. The van der Waals surface area contributed by atoms with E-state index in [2.05, 4.69) is 34.2 Å². The van der Waals surface area contributed by atoms with Gasteiger partial charge in [-0.05, 0) is 24.0 Å². The van der Waals surface area contributed by atoms with E-state index in [1.807, 2.05) is 5.38 Å². The van der Waals surface area contributed by atoms with Crippen LogP contribution in [0.25, 0.3) is 0 Å². The molecule has 1 fully saturated rings. The second-order valence-corrected chi connectivity index (χ2v) is 7.22. The summed E-state index contributed by atoms with van der Waals surface area (Å²) in [6.45, 7) is 4.72. The quantitative estimate of drug-likeness (QED) is 0.840. The minimum atomic E-state index is -0.0973. The molecule has 0 N–H and O–H groups in total. The maximum atomic E-state index is 11.6. The zero-order chi connectivity index (χ0) is 16.4. The van der Waals surface area contributed by atoms with Crippen LogP contribution in [0, 0.1) is 0 Å². The highest BCUT2D eigenvalue weighted by Gasteiger charge is 2.20. The summed E-state index contributed by atoms with van der Waals surface area (Å²) in [6.07, 6.45) is 3.67. The number of morpholine rings is 1. The fraction of sp³-hybridized carbons (Fsp3) is 0.368. The maximum Gasteiger partial charge on any atom is 0.278 e. The summed E-state index contributed by atoms with van der Waals surface area (Å²) in [6, 6.07) is 8.91. The van der Waals surface area contributed by atoms with E-state index in [1.54, 1.807) is 17.6 Å². The highest BCUT2D eigenvalue weighted by atomic mass is 32.1. The molecule has 1 aromatic carbocycles. The van der Waals surface area contributed by atoms with Gasteiger partial charge in [0.1, 0.15) is 0 Å². The van der Waals surface area contributed by atoms with E-state index in [4.69, 9.17) is 4.74 Å². The molecule has 0 bridgehead atoms. The normalized spacial score (nSPS) is 17.4. The van der Waals surface area contributed by atoms with Crippen molar-refractivity contribution in [3.63, 3.8) is 0 Å². The van der Waals surface area contributed by atoms with Gasteiger partial charge >= 0.3 is 0 Å². The van der Waals surface area contributed by atoms with Crippen LogP contribution >= 0.6 is 11.3 Å². The molecule has 0 aliphatic carbocycles. The molecule has 0 spiro atoms. The van der Waals surface area contributed by atoms with Crippen LogP contribution in [0.3, 0.4) is 0 Å². The maximum absolute atomic E-state index is 11.6. The highest BCUT2D eigenvalue weighted by molar-refractivity contribution is 7.10. The minimum Gasteiger partial charge on any atom is -0.379 e. The van der Waals surface area contributed by atoms with Crippen molar-refractivity contribution in [2.24, 2.45) is 4.99 Å². The lowest BCUT2D eigenvalue weighted by Crippen LogP contribution is -2.35. The number of fused-ring (bicyclic) bond motifs is 1. The molecule has 5 heteroatoms. The van der Waals surface area contributed by atoms with Crippen LogP contribution in [0.4, 0.5) is 0 Å². The van der Waals surface area contributed by atoms with Crippen LogP contribution in [0.5, 0.6) is 0 Å². The topological polar surface area (TPSA) is 41.9 Å². The molecule has 1 saturated heterocycles. The van der Waals surface area contributed by atoms with Crippen molar-refractivity contribution in [2.45, 2.75) is 19.4 Å². The first-order valence-corrected chi connectivity index (χ1v) is 9.24. The van der Waals surface area contributed by atoms with Crippen molar-refractivity contribution in [3.05, 3.63) is 56.8 Å². The third-order valence-corrected chi connectivity index (χ3v) is 5.69. The van der Waals surface area contributed by atoms with Crippen molar-refractivity contribution in [1.29, 1.82) is 0 Å². The lowest BCUT2D eigenvalue weighted by Gasteiger charge is -2.26. The Bertz CT molecular complexity index is 758. The summed E-state index contributed by atoms with van der Waals surface area (Å²) in [5, 5.41) is 1.94. The van der Waals surface area contributed by atoms with Gasteiger partial charge in [-0.3, -0.25) is 9.69 Å². The number of amides is 1. The second-order valence-electron chi connectivity index (χ2n) is 6.25. The number of thiophene rings is 1. The average Bonchev–Trinajstić information content (AvgIpc) is 3.19. The van der Waals surface area contributed by atoms with Crippen molar-refractivity contribution >= 4 is 23.5 Å². The van der Waals surface area contributed by atoms with Crippen LogP contribution in [-0.4, -0.2) is 43.3 Å². The van der Waals surface area contributed by atoms with Crippen molar-refractivity contribution in [2.75, 3.05) is 26.3 Å². The van der Waals surface area contributed by atoms with Gasteiger partial charge in [-0.15, -0.1) is 11.3 Å². The third kappa shape index (κ3) is 3.34. The molecule has 0 saturated carbocycles. The molecule has 3 heterocycles. The van der Waals surface area contributed by atoms with Gasteiger partial charge < -0.3 is 4.74 Å². The Morgan fingerprint density at radius 3 is 2.62 bits per heavy atom. The second kappa shape index (κ2) is 6.97. The Balaban J connectivity index is 1.35. The molecule has 124 valence electrons. The molecular formula is C19H20N2O2S. The number of carbonyl (C=O) groups excluding carboxylic acids is 1. The molecule has 0 atom stereocenters. The zero-order valence-corrected chi connectivity index (χ0v) is 14.3. The number of benzene rings is 1. The number of rotatable bonds is 5. The summed E-state index contributed by atoms with van der Waals surface area (Å²) in [5.74, 6) is -0.0973. The standard InChI is InChI=1S/C19H20N2O2S/c22-19-17-13-24-18(16(17)11-20-19)6-5-14-1-3-15(4-2-14)12-21-7-9-23-10-8-21/h1-4,11,13H,5-10,12H2. The Labute approximate surface area is 145 Å². The number of ether oxygens (including phenoxy) is 1. The fourth-order valence-electron chi connectivity index (χ4n) is 3.19. The number of hydrogen-bond acceptors (Lipinski definition) is 4. The van der Waals surface area contributed by atoms with Gasteiger partial charge in [0.25, 0.3) is 5.91 Å². The van der Waals surface area contributed by atoms with E-state index in [0.717, 1.165) is 56.8 Å². The van der Waals surface area contributed by atoms with E-state index in [-0.39, 0.29) is 5.91 Å². The first kappa shape index (κ1) is 15.7. The summed E-state index contributed by atoms with van der Waals surface area (Å²) < 4.78 is 5.39. The van der Waals surface area contributed by atoms with E-state index in [0.29, 0.717) is 0 Å². The summed E-state index contributed by atoms with van der Waals surface area (Å²) >= 11 is 1.67. The largest absolute Gasteiger partial charge is 0.379 e. The SMILES string of the molecule is O=C1N=Cc2c1csc2CCc1ccc(CN2CCOCC2)cc1. The molecule has 1 amide bonds. The minimum absolute atomic E-state index is 0.0973. The van der Waals surface area contributed by atoms with E-state index >= 15 is 0 Å². The van der Waals surface area contributed by atoms with Crippen molar-refractivity contribution in [3.8, 4) is 0 Å². The van der Waals surface area contributed by atoms with E-state index in [9.17, 15) is 4.79 Å². The van der Waals surface area contributed by atoms with Gasteiger partial charge in [0.05, 0.1) is 18.8 Å². The van der Waals surface area contributed by atoms with Crippen molar-refractivity contribution < 1.29 is 9.53 Å². The van der Waals surface area contributed by atoms with E-state index < -0.39 is 0 Å². The summed E-state index contributed by atoms with van der Waals surface area (Å²) in [7, 11) is 0. The monoisotopic (exact) mass is 340 g/mol. The first-order chi connectivity index (χ1) is 11.8. The molecule has 2 aromatic rings. The Hall–Kier alpha value is -1.82. The highest BCUT2D eigenvalue weighted by Crippen LogP contribution is 2.27. The Kier molecular flexibility index (Phi) is 4.56. The number of aliphatic imine (C=N–C) groups is 1. The fourth-order valence-corrected chi connectivity index (χ4v) is 4.18. The number of nitrogens with zero attached hydrogens (tertiary/aromatic N) is 2. The Morgan fingerprint density at radius 2 is 1.83 bits per heavy atom. The third-order valence-electron chi connectivity index (χ3n) is 4.62. The van der Waals surface area contributed by atoms with Gasteiger partial charge in [0.15, 0.2) is 0 Å². The number of hydrogen-bond donors (Lipinski definition) is 0. The molecular weight excluding hydrogens is 320 g/mol. The molecule has 4 nitrogen and oxygen atoms in total. The molecule has 24 heavy (non-hydrogen) atoms. The molecule has 4 rings (SSSR count). The van der Waals surface area contributed by atoms with Crippen LogP contribution in [-0.2, 0) is 24.1 Å². The van der Waals surface area contributed by atoms with Crippen molar-refractivity contribution in [1.82, 2.24) is 4.90 Å². The molecule has 1 aromatic heterocycles. The number of aryl methyl sites for hydroxylation is 2. The summed E-state index contributed by atoms with van der Waals surface area (Å²) in [5.41, 5.74) is 4.50. The molecule has 2 aliphatic heterocycles. The molecule has 0 radical (unpaired) electrons. The molecule has 0 unspecified atom stereocenters. The van der Waals surface area contributed by atoms with Gasteiger partial charge in [0.2, 0.25) is 0 Å². The Morgan fingerprint density at radius 1 is 1.08 bits per heavy atom. The van der Waals surface area contributed by atoms with Crippen LogP contribution < -0.4 is 0 Å². The average molecular weight is 340 g/mol. The van der Waals surface area contributed by atoms with Gasteiger partial charge in [-0.1, -0.05) is 24.3 Å². The molecule has 2 aliphatic rings. The van der Waals surface area contributed by atoms with Crippen LogP contribution in [0.15, 0.2) is 34.6 Å². The smallest absolute Gasteiger partial charge is 0.278 e. The van der Waals surface area contributed by atoms with Gasteiger partial charge in [0, 0.05) is 41.7 Å². The lowest BCUT2D eigenvalue weighted by molar-refractivity contribution is 0.0342. The zero-order valence-electron chi connectivity index (χ0n) is 13.5. The first-order valence-electron chi connectivity index (χ1n) is 8.36. The predicted octanol–water partition coefficient (Wildman–Crippen LogP) is 2.94. The number of carbonyl (C=O) groups is 1.